The van der Waals surface area contributed by atoms with Gasteiger partial charge >= 0.3 is 5.97 Å². The summed E-state index contributed by atoms with van der Waals surface area (Å²) < 4.78 is 0. The number of nitrogens with one attached hydrogen (secondary N) is 1. The Bertz CT molecular complexity index is 528. The highest BCUT2D eigenvalue weighted by Gasteiger charge is 2.26. The summed E-state index contributed by atoms with van der Waals surface area (Å²) in [6.07, 6.45) is 0. The van der Waals surface area contributed by atoms with E-state index in [1.54, 1.807) is 0 Å². The third-order valence-corrected chi connectivity index (χ3v) is 4.90. The summed E-state index contributed by atoms with van der Waals surface area (Å²) in [5.41, 5.74) is 2.31. The van der Waals surface area contributed by atoms with Gasteiger partial charge in [0.1, 0.15) is 6.04 Å². The standard InChI is InChI=1S/C16H23NO3S/c1-9(2)14(15(18)17-12(5)16(19)20)21-13-7-6-10(3)8-11(13)4/h6-9,12,14H,1-5H3,(H,17,18)(H,19,20). The Hall–Kier alpha value is -1.49. The molecule has 0 saturated carbocycles. The molecule has 0 heterocycles. The van der Waals surface area contributed by atoms with Gasteiger partial charge in [0.05, 0.1) is 5.25 Å². The molecule has 0 spiro atoms. The SMILES string of the molecule is Cc1ccc(SC(C(=O)NC(C)C(=O)O)C(C)C)c(C)c1. The Labute approximate surface area is 130 Å². The summed E-state index contributed by atoms with van der Waals surface area (Å²) >= 11 is 1.49. The summed E-state index contributed by atoms with van der Waals surface area (Å²) in [5.74, 6) is -1.15. The zero-order valence-corrected chi connectivity index (χ0v) is 14.0. The molecule has 0 aliphatic heterocycles. The van der Waals surface area contributed by atoms with Gasteiger partial charge in [0.15, 0.2) is 0 Å². The molecule has 2 unspecified atom stereocenters. The third kappa shape index (κ3) is 5.08. The van der Waals surface area contributed by atoms with Crippen molar-refractivity contribution in [2.24, 2.45) is 5.92 Å². The Morgan fingerprint density at radius 3 is 2.29 bits per heavy atom. The molecule has 2 atom stereocenters. The van der Waals surface area contributed by atoms with Gasteiger partial charge in [0.25, 0.3) is 0 Å². The zero-order chi connectivity index (χ0) is 16.2. The predicted octanol–water partition coefficient (Wildman–Crippen LogP) is 3.01. The van der Waals surface area contributed by atoms with E-state index in [1.165, 1.54) is 24.2 Å². The average molecular weight is 309 g/mol. The lowest BCUT2D eigenvalue weighted by atomic mass is 10.1. The molecule has 0 aromatic heterocycles. The highest BCUT2D eigenvalue weighted by Crippen LogP contribution is 2.31. The largest absolute Gasteiger partial charge is 0.480 e. The first-order valence-corrected chi connectivity index (χ1v) is 7.87. The molecule has 21 heavy (non-hydrogen) atoms. The lowest BCUT2D eigenvalue weighted by Crippen LogP contribution is -2.44. The van der Waals surface area contributed by atoms with Crippen LogP contribution in [0.3, 0.4) is 0 Å². The molecule has 0 aliphatic carbocycles. The number of benzene rings is 1. The van der Waals surface area contributed by atoms with Crippen LogP contribution >= 0.6 is 11.8 Å². The molecule has 0 fully saturated rings. The zero-order valence-electron chi connectivity index (χ0n) is 13.1. The van der Waals surface area contributed by atoms with Crippen molar-refractivity contribution in [1.29, 1.82) is 0 Å². The minimum absolute atomic E-state index is 0.108. The fourth-order valence-corrected chi connectivity index (χ4v) is 3.03. The van der Waals surface area contributed by atoms with Crippen LogP contribution in [0.5, 0.6) is 0 Å². The van der Waals surface area contributed by atoms with Crippen LogP contribution in [0.2, 0.25) is 0 Å². The number of hydrogen-bond acceptors (Lipinski definition) is 3. The van der Waals surface area contributed by atoms with Crippen molar-refractivity contribution in [3.8, 4) is 0 Å². The number of rotatable bonds is 6. The molecule has 0 aliphatic rings. The smallest absolute Gasteiger partial charge is 0.325 e. The van der Waals surface area contributed by atoms with E-state index in [0.717, 1.165) is 10.5 Å². The molecule has 0 radical (unpaired) electrons. The van der Waals surface area contributed by atoms with Crippen molar-refractivity contribution >= 4 is 23.6 Å². The van der Waals surface area contributed by atoms with Gasteiger partial charge < -0.3 is 10.4 Å². The number of amides is 1. The van der Waals surface area contributed by atoms with E-state index in [1.807, 2.05) is 39.8 Å². The number of carboxylic acid groups (broad SMARTS) is 1. The number of carboxylic acids is 1. The van der Waals surface area contributed by atoms with Crippen LogP contribution in [-0.2, 0) is 9.59 Å². The van der Waals surface area contributed by atoms with Gasteiger partial charge in [0, 0.05) is 4.90 Å². The van der Waals surface area contributed by atoms with Crippen molar-refractivity contribution in [2.45, 2.75) is 50.8 Å². The molecule has 5 heteroatoms. The molecule has 0 bridgehead atoms. The van der Waals surface area contributed by atoms with Crippen LogP contribution in [0.4, 0.5) is 0 Å². The highest BCUT2D eigenvalue weighted by atomic mass is 32.2. The Morgan fingerprint density at radius 1 is 1.19 bits per heavy atom. The van der Waals surface area contributed by atoms with Gasteiger partial charge in [-0.15, -0.1) is 11.8 Å². The first-order valence-electron chi connectivity index (χ1n) is 6.99. The van der Waals surface area contributed by atoms with E-state index in [-0.39, 0.29) is 17.1 Å². The Kier molecular flexibility index (Phi) is 6.27. The molecule has 1 rings (SSSR count). The molecule has 1 aromatic rings. The maximum absolute atomic E-state index is 12.3. The third-order valence-electron chi connectivity index (χ3n) is 3.18. The first-order chi connectivity index (χ1) is 9.72. The minimum Gasteiger partial charge on any atom is -0.480 e. The van der Waals surface area contributed by atoms with E-state index < -0.39 is 12.0 Å². The maximum atomic E-state index is 12.3. The van der Waals surface area contributed by atoms with Crippen molar-refractivity contribution in [3.05, 3.63) is 29.3 Å². The van der Waals surface area contributed by atoms with Crippen LogP contribution < -0.4 is 5.32 Å². The number of thioether (sulfide) groups is 1. The van der Waals surface area contributed by atoms with E-state index in [9.17, 15) is 9.59 Å². The van der Waals surface area contributed by atoms with Gasteiger partial charge in [-0.3, -0.25) is 9.59 Å². The van der Waals surface area contributed by atoms with Gasteiger partial charge in [-0.1, -0.05) is 31.5 Å². The normalized spacial score (nSPS) is 13.8. The summed E-state index contributed by atoms with van der Waals surface area (Å²) in [4.78, 5) is 24.2. The lowest BCUT2D eigenvalue weighted by molar-refractivity contribution is -0.141. The Morgan fingerprint density at radius 2 is 1.81 bits per heavy atom. The van der Waals surface area contributed by atoms with Crippen LogP contribution in [-0.4, -0.2) is 28.3 Å². The first kappa shape index (κ1) is 17.6. The monoisotopic (exact) mass is 309 g/mol. The van der Waals surface area contributed by atoms with E-state index in [4.69, 9.17) is 5.11 Å². The maximum Gasteiger partial charge on any atom is 0.325 e. The topological polar surface area (TPSA) is 66.4 Å². The molecule has 4 nitrogen and oxygen atoms in total. The fourth-order valence-electron chi connectivity index (χ4n) is 1.92. The molecular formula is C16H23NO3S. The quantitative estimate of drug-likeness (QED) is 0.793. The number of aryl methyl sites for hydroxylation is 2. The fraction of sp³-hybridized carbons (Fsp3) is 0.500. The second kappa shape index (κ2) is 7.50. The van der Waals surface area contributed by atoms with E-state index in [0.29, 0.717) is 0 Å². The van der Waals surface area contributed by atoms with Crippen LogP contribution in [0.25, 0.3) is 0 Å². The van der Waals surface area contributed by atoms with Crippen LogP contribution in [0.1, 0.15) is 31.9 Å². The average Bonchev–Trinajstić information content (AvgIpc) is 2.36. The number of aliphatic carboxylic acids is 1. The van der Waals surface area contributed by atoms with Crippen molar-refractivity contribution in [3.63, 3.8) is 0 Å². The molecule has 1 aromatic carbocycles. The molecule has 116 valence electrons. The predicted molar refractivity (Wildman–Crippen MR) is 85.6 cm³/mol. The molecular weight excluding hydrogens is 286 g/mol. The molecule has 1 amide bonds. The number of carbonyl (C=O) groups is 2. The second-order valence-electron chi connectivity index (χ2n) is 5.62. The highest BCUT2D eigenvalue weighted by molar-refractivity contribution is 8.00. The number of hydrogen-bond donors (Lipinski definition) is 2. The van der Waals surface area contributed by atoms with Crippen molar-refractivity contribution < 1.29 is 14.7 Å². The molecule has 2 N–H and O–H groups in total. The van der Waals surface area contributed by atoms with Gasteiger partial charge in [-0.05, 0) is 38.3 Å². The Balaban J connectivity index is 2.87. The van der Waals surface area contributed by atoms with Gasteiger partial charge in [-0.25, -0.2) is 0 Å². The summed E-state index contributed by atoms with van der Waals surface area (Å²) in [7, 11) is 0. The second-order valence-corrected chi connectivity index (χ2v) is 6.80. The van der Waals surface area contributed by atoms with Crippen LogP contribution in [0.15, 0.2) is 23.1 Å². The van der Waals surface area contributed by atoms with E-state index >= 15 is 0 Å². The van der Waals surface area contributed by atoms with E-state index in [2.05, 4.69) is 11.4 Å². The van der Waals surface area contributed by atoms with Gasteiger partial charge in [0.2, 0.25) is 5.91 Å². The molecule has 0 saturated heterocycles. The summed E-state index contributed by atoms with van der Waals surface area (Å²) in [6, 6.07) is 5.24. The van der Waals surface area contributed by atoms with Crippen molar-refractivity contribution in [1.82, 2.24) is 5.32 Å². The summed E-state index contributed by atoms with van der Waals surface area (Å²) in [6.45, 7) is 9.45. The van der Waals surface area contributed by atoms with Crippen molar-refractivity contribution in [2.75, 3.05) is 0 Å². The van der Waals surface area contributed by atoms with Crippen LogP contribution in [0, 0.1) is 19.8 Å². The lowest BCUT2D eigenvalue weighted by Gasteiger charge is -2.22. The van der Waals surface area contributed by atoms with Gasteiger partial charge in [-0.2, -0.15) is 0 Å². The minimum atomic E-state index is -1.03. The summed E-state index contributed by atoms with van der Waals surface area (Å²) in [5, 5.41) is 11.1. The number of carbonyl (C=O) groups excluding carboxylic acids is 1.